The molecule has 2 atom stereocenters. The van der Waals surface area contributed by atoms with Gasteiger partial charge in [-0.15, -0.1) is 10.2 Å². The third-order valence-electron chi connectivity index (χ3n) is 6.70. The largest absolute Gasteiger partial charge is 0.495 e. The fourth-order valence-corrected chi connectivity index (χ4v) is 5.19. The molecule has 0 spiro atoms. The molecule has 13 heteroatoms. The molecule has 0 bridgehead atoms. The molecule has 2 aliphatic heterocycles. The van der Waals surface area contributed by atoms with Crippen LogP contribution in [-0.4, -0.2) is 62.3 Å². The van der Waals surface area contributed by atoms with Crippen molar-refractivity contribution in [1.82, 2.24) is 29.6 Å². The summed E-state index contributed by atoms with van der Waals surface area (Å²) >= 11 is 6.51. The molecule has 2 aliphatic rings. The molecule has 3 aromatic heterocycles. The normalized spacial score (nSPS) is 20.7. The molecule has 0 aliphatic carbocycles. The second-order valence-corrected chi connectivity index (χ2v) is 9.27. The molecule has 0 N–H and O–H groups in total. The number of carbonyl (C=O) groups excluding carboxylic acids is 1. The van der Waals surface area contributed by atoms with Crippen molar-refractivity contribution in [1.29, 1.82) is 0 Å². The molecule has 5 rings (SSSR count). The molecule has 35 heavy (non-hydrogen) atoms. The second-order valence-electron chi connectivity index (χ2n) is 8.87. The summed E-state index contributed by atoms with van der Waals surface area (Å²) < 4.78 is 45.6. The van der Waals surface area contributed by atoms with E-state index in [-0.39, 0.29) is 43.2 Å². The first-order valence-electron chi connectivity index (χ1n) is 11.2. The van der Waals surface area contributed by atoms with Crippen molar-refractivity contribution in [2.75, 3.05) is 31.6 Å². The van der Waals surface area contributed by atoms with Gasteiger partial charge in [-0.2, -0.15) is 13.2 Å². The number of alkyl halides is 3. The SMILES string of the molecule is COc1cnc2c(N3CCC(C(=O)N4CCn5c(nnc5C(F)(F)F)C4)C(C)C3)c(Cl)cnc2c1. The maximum Gasteiger partial charge on any atom is 0.451 e. The quantitative estimate of drug-likeness (QED) is 0.534. The smallest absolute Gasteiger partial charge is 0.451 e. The lowest BCUT2D eigenvalue weighted by molar-refractivity contribution is -0.148. The van der Waals surface area contributed by atoms with Crippen LogP contribution in [0.4, 0.5) is 18.9 Å². The number of fused-ring (bicyclic) bond motifs is 2. The van der Waals surface area contributed by atoms with Gasteiger partial charge in [0.2, 0.25) is 11.7 Å². The molecule has 1 fully saturated rings. The molecule has 2 unspecified atom stereocenters. The summed E-state index contributed by atoms with van der Waals surface area (Å²) in [5.74, 6) is -0.626. The van der Waals surface area contributed by atoms with Crippen LogP contribution in [0.5, 0.6) is 5.75 Å². The Bertz CT molecular complexity index is 1280. The number of methoxy groups -OCH3 is 1. The van der Waals surface area contributed by atoms with Crippen molar-refractivity contribution in [2.24, 2.45) is 11.8 Å². The third kappa shape index (κ3) is 4.24. The van der Waals surface area contributed by atoms with Crippen molar-refractivity contribution in [3.63, 3.8) is 0 Å². The van der Waals surface area contributed by atoms with Crippen molar-refractivity contribution in [2.45, 2.75) is 32.6 Å². The van der Waals surface area contributed by atoms with Gasteiger partial charge < -0.3 is 19.1 Å². The number of halogens is 4. The van der Waals surface area contributed by atoms with Crippen LogP contribution in [0, 0.1) is 11.8 Å². The second kappa shape index (κ2) is 8.81. The van der Waals surface area contributed by atoms with Crippen molar-refractivity contribution < 1.29 is 22.7 Å². The van der Waals surface area contributed by atoms with E-state index in [0.717, 1.165) is 10.3 Å². The maximum absolute atomic E-state index is 13.3. The summed E-state index contributed by atoms with van der Waals surface area (Å²) in [6.07, 6.45) is -0.797. The van der Waals surface area contributed by atoms with Crippen molar-refractivity contribution >= 4 is 34.2 Å². The molecule has 1 saturated heterocycles. The minimum atomic E-state index is -4.57. The average Bonchev–Trinajstić information content (AvgIpc) is 3.27. The van der Waals surface area contributed by atoms with E-state index >= 15 is 0 Å². The lowest BCUT2D eigenvalue weighted by Gasteiger charge is -2.40. The van der Waals surface area contributed by atoms with E-state index < -0.39 is 12.0 Å². The standard InChI is InChI=1S/C22H23ClF3N7O2/c1-12-10-31(19-15(23)9-27-16-7-13(35-2)8-28-18(16)19)4-3-14(12)20(34)32-5-6-33-17(11-32)29-30-21(33)22(24,25)26/h7-9,12,14H,3-6,10-11H2,1-2H3. The molecule has 0 saturated carbocycles. The first-order chi connectivity index (χ1) is 16.7. The van der Waals surface area contributed by atoms with Gasteiger partial charge in [0.25, 0.3) is 0 Å². The van der Waals surface area contributed by atoms with Crippen LogP contribution in [0.1, 0.15) is 25.0 Å². The molecule has 0 aromatic carbocycles. The van der Waals surface area contributed by atoms with E-state index in [1.807, 2.05) is 6.92 Å². The van der Waals surface area contributed by atoms with Crippen LogP contribution >= 0.6 is 11.6 Å². The van der Waals surface area contributed by atoms with E-state index in [2.05, 4.69) is 25.1 Å². The van der Waals surface area contributed by atoms with Gasteiger partial charge in [0.15, 0.2) is 5.82 Å². The number of amides is 1. The lowest BCUT2D eigenvalue weighted by Crippen LogP contribution is -2.49. The van der Waals surface area contributed by atoms with E-state index in [9.17, 15) is 18.0 Å². The summed E-state index contributed by atoms with van der Waals surface area (Å²) in [6, 6.07) is 1.79. The summed E-state index contributed by atoms with van der Waals surface area (Å²) in [6.45, 7) is 3.37. The predicted octanol–water partition coefficient (Wildman–Crippen LogP) is 3.41. The Kier molecular flexibility index (Phi) is 5.94. The highest BCUT2D eigenvalue weighted by molar-refractivity contribution is 6.34. The van der Waals surface area contributed by atoms with Gasteiger partial charge in [-0.05, 0) is 12.3 Å². The van der Waals surface area contributed by atoms with E-state index in [0.29, 0.717) is 41.3 Å². The van der Waals surface area contributed by atoms with Gasteiger partial charge in [-0.25, -0.2) is 4.98 Å². The number of ether oxygens (including phenoxy) is 1. The minimum Gasteiger partial charge on any atom is -0.495 e. The first kappa shape index (κ1) is 23.6. The number of piperidine rings is 1. The van der Waals surface area contributed by atoms with Gasteiger partial charge in [0, 0.05) is 44.4 Å². The van der Waals surface area contributed by atoms with Crippen LogP contribution in [-0.2, 0) is 24.1 Å². The highest BCUT2D eigenvalue weighted by Gasteiger charge is 2.41. The number of aromatic nitrogens is 5. The van der Waals surface area contributed by atoms with Crippen LogP contribution < -0.4 is 9.64 Å². The van der Waals surface area contributed by atoms with Crippen molar-refractivity contribution in [3.05, 3.63) is 35.1 Å². The molecule has 3 aromatic rings. The fourth-order valence-electron chi connectivity index (χ4n) is 4.93. The molecule has 186 valence electrons. The first-order valence-corrected chi connectivity index (χ1v) is 11.6. The Morgan fingerprint density at radius 2 is 1.97 bits per heavy atom. The molecular weight excluding hydrogens is 487 g/mol. The lowest BCUT2D eigenvalue weighted by atomic mass is 9.85. The molecule has 0 radical (unpaired) electrons. The zero-order valence-corrected chi connectivity index (χ0v) is 19.8. The fraction of sp³-hybridized carbons (Fsp3) is 0.500. The third-order valence-corrected chi connectivity index (χ3v) is 6.98. The minimum absolute atomic E-state index is 0.0145. The summed E-state index contributed by atoms with van der Waals surface area (Å²) in [7, 11) is 1.56. The molecule has 5 heterocycles. The van der Waals surface area contributed by atoms with Crippen LogP contribution in [0.15, 0.2) is 18.5 Å². The Labute approximate surface area is 203 Å². The highest BCUT2D eigenvalue weighted by Crippen LogP contribution is 2.37. The van der Waals surface area contributed by atoms with Gasteiger partial charge >= 0.3 is 6.18 Å². The molecular formula is C22H23ClF3N7O2. The monoisotopic (exact) mass is 509 g/mol. The predicted molar refractivity (Wildman–Crippen MR) is 121 cm³/mol. The van der Waals surface area contributed by atoms with Crippen LogP contribution in [0.3, 0.4) is 0 Å². The van der Waals surface area contributed by atoms with Crippen LogP contribution in [0.2, 0.25) is 5.02 Å². The summed E-state index contributed by atoms with van der Waals surface area (Å²) in [4.78, 5) is 25.9. The summed E-state index contributed by atoms with van der Waals surface area (Å²) in [5.41, 5.74) is 2.08. The number of hydrogen-bond donors (Lipinski definition) is 0. The average molecular weight is 510 g/mol. The van der Waals surface area contributed by atoms with Gasteiger partial charge in [0.05, 0.1) is 36.1 Å². The highest BCUT2D eigenvalue weighted by atomic mass is 35.5. The number of pyridine rings is 2. The Hall–Kier alpha value is -3.15. The van der Waals surface area contributed by atoms with E-state index in [1.54, 1.807) is 30.5 Å². The Morgan fingerprint density at radius 3 is 2.69 bits per heavy atom. The van der Waals surface area contributed by atoms with Gasteiger partial charge in [0.1, 0.15) is 11.3 Å². The molecule has 1 amide bonds. The number of carbonyl (C=O) groups is 1. The Balaban J connectivity index is 1.31. The van der Waals surface area contributed by atoms with E-state index in [1.165, 1.54) is 0 Å². The Morgan fingerprint density at radius 1 is 1.17 bits per heavy atom. The number of anilines is 1. The van der Waals surface area contributed by atoms with Crippen molar-refractivity contribution in [3.8, 4) is 5.75 Å². The maximum atomic E-state index is 13.3. The van der Waals surface area contributed by atoms with Gasteiger partial charge in [-0.1, -0.05) is 18.5 Å². The zero-order valence-electron chi connectivity index (χ0n) is 19.1. The number of hydrogen-bond acceptors (Lipinski definition) is 7. The van der Waals surface area contributed by atoms with Gasteiger partial charge in [-0.3, -0.25) is 9.78 Å². The zero-order chi connectivity index (χ0) is 24.9. The summed E-state index contributed by atoms with van der Waals surface area (Å²) in [5, 5.41) is 7.44. The number of rotatable bonds is 3. The molecule has 9 nitrogen and oxygen atoms in total. The number of nitrogens with zero attached hydrogens (tertiary/aromatic N) is 7. The van der Waals surface area contributed by atoms with Crippen LogP contribution in [0.25, 0.3) is 11.0 Å². The topological polar surface area (TPSA) is 89.3 Å². The van der Waals surface area contributed by atoms with E-state index in [4.69, 9.17) is 16.3 Å².